The third-order valence-electron chi connectivity index (χ3n) is 6.63. The first-order valence-corrected chi connectivity index (χ1v) is 12.2. The molecule has 37 heavy (non-hydrogen) atoms. The summed E-state index contributed by atoms with van der Waals surface area (Å²) in [5.74, 6) is 1.58. The number of fused-ring (bicyclic) bond motifs is 2. The molecule has 1 saturated heterocycles. The zero-order valence-corrected chi connectivity index (χ0v) is 20.6. The van der Waals surface area contributed by atoms with Gasteiger partial charge < -0.3 is 19.3 Å². The van der Waals surface area contributed by atoms with Gasteiger partial charge in [-0.3, -0.25) is 4.79 Å². The Bertz CT molecular complexity index is 1460. The van der Waals surface area contributed by atoms with Gasteiger partial charge in [-0.15, -0.1) is 5.10 Å². The summed E-state index contributed by atoms with van der Waals surface area (Å²) in [4.78, 5) is 25.5. The number of carbonyl (C=O) groups is 1. The van der Waals surface area contributed by atoms with E-state index in [9.17, 15) is 9.18 Å². The Balaban J connectivity index is 1.11. The lowest BCUT2D eigenvalue weighted by Crippen LogP contribution is -2.50. The van der Waals surface area contributed by atoms with E-state index in [0.29, 0.717) is 54.6 Å². The lowest BCUT2D eigenvalue weighted by molar-refractivity contribution is -0.133. The highest BCUT2D eigenvalue weighted by Crippen LogP contribution is 2.41. The smallest absolute Gasteiger partial charge is 0.260 e. The molecule has 2 aromatic carbocycles. The second-order valence-electron chi connectivity index (χ2n) is 9.79. The minimum absolute atomic E-state index is 0.0516. The molecule has 0 aliphatic carbocycles. The number of rotatable bonds is 5. The molecule has 2 aromatic heterocycles. The maximum absolute atomic E-state index is 13.3. The molecule has 10 nitrogen and oxygen atoms in total. The van der Waals surface area contributed by atoms with Crippen molar-refractivity contribution in [1.82, 2.24) is 29.9 Å². The molecule has 0 unspecified atom stereocenters. The molecule has 1 amide bonds. The molecule has 4 heterocycles. The van der Waals surface area contributed by atoms with Crippen LogP contribution in [0.15, 0.2) is 48.8 Å². The molecule has 0 N–H and O–H groups in total. The topological polar surface area (TPSA) is 98.5 Å². The van der Waals surface area contributed by atoms with E-state index in [0.717, 1.165) is 17.7 Å². The van der Waals surface area contributed by atoms with Crippen LogP contribution in [0.1, 0.15) is 19.4 Å². The van der Waals surface area contributed by atoms with Crippen LogP contribution in [0.4, 0.5) is 10.2 Å². The molecule has 190 valence electrons. The summed E-state index contributed by atoms with van der Waals surface area (Å²) in [5, 5.41) is 8.49. The lowest BCUT2D eigenvalue weighted by atomic mass is 10.0. The average Bonchev–Trinajstić information content (AvgIpc) is 3.47. The fourth-order valence-corrected chi connectivity index (χ4v) is 4.82. The normalized spacial score (nSPS) is 16.5. The van der Waals surface area contributed by atoms with Gasteiger partial charge in [0.2, 0.25) is 0 Å². The van der Waals surface area contributed by atoms with E-state index in [4.69, 9.17) is 9.47 Å². The van der Waals surface area contributed by atoms with Gasteiger partial charge in [-0.05, 0) is 44.2 Å². The van der Waals surface area contributed by atoms with Crippen molar-refractivity contribution in [3.63, 3.8) is 0 Å². The predicted octanol–water partition coefficient (Wildman–Crippen LogP) is 2.79. The molecule has 11 heteroatoms. The highest BCUT2D eigenvalue weighted by Gasteiger charge is 2.33. The van der Waals surface area contributed by atoms with E-state index in [1.54, 1.807) is 21.7 Å². The van der Waals surface area contributed by atoms with E-state index in [2.05, 4.69) is 25.2 Å². The van der Waals surface area contributed by atoms with Crippen LogP contribution in [-0.2, 0) is 11.2 Å². The summed E-state index contributed by atoms with van der Waals surface area (Å²) >= 11 is 0. The van der Waals surface area contributed by atoms with Gasteiger partial charge >= 0.3 is 0 Å². The summed E-state index contributed by atoms with van der Waals surface area (Å²) in [6, 6.07) is 11.8. The van der Waals surface area contributed by atoms with Crippen molar-refractivity contribution >= 4 is 22.9 Å². The molecular weight excluding hydrogens is 477 g/mol. The number of carbonyl (C=O) groups excluding carboxylic acids is 1. The van der Waals surface area contributed by atoms with E-state index >= 15 is 0 Å². The standard InChI is InChI=1S/C26H26FN7O3/c1-26(2)14-17-4-3-5-20(23(17)37-26)36-15-21(35)32-10-12-33(13-11-32)24-22-25(29-16-28-24)34(31-30-22)19-8-6-18(27)7-9-19/h3-9,16H,10-15H2,1-2H3. The van der Waals surface area contributed by atoms with Crippen molar-refractivity contribution in [1.29, 1.82) is 0 Å². The summed E-state index contributed by atoms with van der Waals surface area (Å²) in [6.07, 6.45) is 2.28. The molecule has 1 fully saturated rings. The number of amides is 1. The number of aromatic nitrogens is 5. The van der Waals surface area contributed by atoms with E-state index in [-0.39, 0.29) is 23.9 Å². The van der Waals surface area contributed by atoms with Gasteiger partial charge in [-0.2, -0.15) is 4.68 Å². The highest BCUT2D eigenvalue weighted by atomic mass is 19.1. The minimum Gasteiger partial charge on any atom is -0.483 e. The number of para-hydroxylation sites is 1. The highest BCUT2D eigenvalue weighted by molar-refractivity contribution is 5.84. The first-order chi connectivity index (χ1) is 17.9. The molecule has 0 radical (unpaired) electrons. The van der Waals surface area contributed by atoms with Gasteiger partial charge in [-0.1, -0.05) is 17.3 Å². The quantitative estimate of drug-likeness (QED) is 0.410. The number of piperazine rings is 1. The molecular formula is C26H26FN7O3. The maximum atomic E-state index is 13.3. The van der Waals surface area contributed by atoms with E-state index < -0.39 is 0 Å². The zero-order valence-electron chi connectivity index (χ0n) is 20.6. The van der Waals surface area contributed by atoms with Gasteiger partial charge in [0, 0.05) is 38.2 Å². The Morgan fingerprint density at radius 3 is 2.65 bits per heavy atom. The van der Waals surface area contributed by atoms with E-state index in [1.165, 1.54) is 18.5 Å². The molecule has 2 aliphatic rings. The summed E-state index contributed by atoms with van der Waals surface area (Å²) in [6.45, 7) is 6.24. The number of nitrogens with zero attached hydrogens (tertiary/aromatic N) is 7. The Hall–Kier alpha value is -4.28. The zero-order chi connectivity index (χ0) is 25.6. The fraction of sp³-hybridized carbons (Fsp3) is 0.346. The van der Waals surface area contributed by atoms with Gasteiger partial charge in [-0.25, -0.2) is 14.4 Å². The molecule has 6 rings (SSSR count). The van der Waals surface area contributed by atoms with Crippen LogP contribution in [0, 0.1) is 5.82 Å². The summed E-state index contributed by atoms with van der Waals surface area (Å²) in [5.41, 5.74) is 2.55. The number of ether oxygens (including phenoxy) is 2. The molecule has 0 bridgehead atoms. The molecule has 0 atom stereocenters. The second kappa shape index (κ2) is 8.99. The molecule has 2 aliphatic heterocycles. The van der Waals surface area contributed by atoms with Gasteiger partial charge in [0.05, 0.1) is 5.69 Å². The largest absolute Gasteiger partial charge is 0.483 e. The van der Waals surface area contributed by atoms with Crippen molar-refractivity contribution in [2.45, 2.75) is 25.9 Å². The van der Waals surface area contributed by atoms with E-state index in [1.807, 2.05) is 32.0 Å². The summed E-state index contributed by atoms with van der Waals surface area (Å²) < 4.78 is 26.8. The minimum atomic E-state index is -0.328. The molecule has 0 saturated carbocycles. The van der Waals surface area contributed by atoms with Crippen LogP contribution in [0.3, 0.4) is 0 Å². The van der Waals surface area contributed by atoms with Crippen LogP contribution >= 0.6 is 0 Å². The Morgan fingerprint density at radius 1 is 1.08 bits per heavy atom. The Kier molecular flexibility index (Phi) is 5.62. The number of anilines is 1. The van der Waals surface area contributed by atoms with Crippen LogP contribution in [0.5, 0.6) is 11.5 Å². The van der Waals surface area contributed by atoms with Crippen molar-refractivity contribution in [3.8, 4) is 17.2 Å². The monoisotopic (exact) mass is 503 g/mol. The first-order valence-electron chi connectivity index (χ1n) is 12.2. The maximum Gasteiger partial charge on any atom is 0.260 e. The number of hydrogen-bond donors (Lipinski definition) is 0. The van der Waals surface area contributed by atoms with Crippen LogP contribution < -0.4 is 14.4 Å². The molecule has 4 aromatic rings. The van der Waals surface area contributed by atoms with Crippen LogP contribution in [0.25, 0.3) is 16.9 Å². The van der Waals surface area contributed by atoms with Crippen molar-refractivity contribution < 1.29 is 18.7 Å². The average molecular weight is 504 g/mol. The number of benzene rings is 2. The fourth-order valence-electron chi connectivity index (χ4n) is 4.82. The van der Waals surface area contributed by atoms with Crippen LogP contribution in [-0.4, -0.2) is 74.2 Å². The molecule has 0 spiro atoms. The van der Waals surface area contributed by atoms with Crippen LogP contribution in [0.2, 0.25) is 0 Å². The number of hydrogen-bond acceptors (Lipinski definition) is 8. The number of halogens is 1. The van der Waals surface area contributed by atoms with Gasteiger partial charge in [0.1, 0.15) is 17.7 Å². The van der Waals surface area contributed by atoms with Crippen molar-refractivity contribution in [2.24, 2.45) is 0 Å². The van der Waals surface area contributed by atoms with Gasteiger partial charge in [0.25, 0.3) is 5.91 Å². The second-order valence-corrected chi connectivity index (χ2v) is 9.79. The Labute approximate surface area is 212 Å². The first kappa shape index (κ1) is 23.1. The third-order valence-corrected chi connectivity index (χ3v) is 6.63. The predicted molar refractivity (Wildman–Crippen MR) is 134 cm³/mol. The lowest BCUT2D eigenvalue weighted by Gasteiger charge is -2.35. The van der Waals surface area contributed by atoms with Gasteiger partial charge in [0.15, 0.2) is 35.1 Å². The Morgan fingerprint density at radius 2 is 1.86 bits per heavy atom. The van der Waals surface area contributed by atoms with Crippen molar-refractivity contribution in [3.05, 3.63) is 60.2 Å². The third kappa shape index (κ3) is 4.41. The summed E-state index contributed by atoms with van der Waals surface area (Å²) in [7, 11) is 0. The van der Waals surface area contributed by atoms with Crippen molar-refractivity contribution in [2.75, 3.05) is 37.7 Å². The SMILES string of the molecule is CC1(C)Cc2cccc(OCC(=O)N3CCN(c4ncnc5c4nnn5-c4ccc(F)cc4)CC3)c2O1.